The fourth-order valence-corrected chi connectivity index (χ4v) is 2.60. The number of hydrogen-bond acceptors (Lipinski definition) is 2. The van der Waals surface area contributed by atoms with Crippen molar-refractivity contribution in [3.8, 4) is 0 Å². The van der Waals surface area contributed by atoms with Crippen LogP contribution in [0.4, 0.5) is 0 Å². The fourth-order valence-electron chi connectivity index (χ4n) is 2.60. The van der Waals surface area contributed by atoms with E-state index in [1.54, 1.807) is 0 Å². The minimum absolute atomic E-state index is 0.178. The Hall–Kier alpha value is -1.35. The Bertz CT molecular complexity index is 423. The van der Waals surface area contributed by atoms with Gasteiger partial charge in [0.05, 0.1) is 0 Å². The van der Waals surface area contributed by atoms with Crippen molar-refractivity contribution in [2.45, 2.75) is 39.2 Å². The molecule has 19 heavy (non-hydrogen) atoms. The molecule has 0 aromatic heterocycles. The largest absolute Gasteiger partial charge is 0.339 e. The summed E-state index contributed by atoms with van der Waals surface area (Å²) in [6.45, 7) is 7.03. The zero-order chi connectivity index (χ0) is 13.7. The molecule has 0 spiro atoms. The van der Waals surface area contributed by atoms with E-state index in [0.717, 1.165) is 43.6 Å². The van der Waals surface area contributed by atoms with Gasteiger partial charge in [0.2, 0.25) is 0 Å². The topological polar surface area (TPSA) is 32.3 Å². The molecule has 0 aliphatic carbocycles. The average molecular weight is 260 g/mol. The lowest BCUT2D eigenvalue weighted by molar-refractivity contribution is 0.0705. The van der Waals surface area contributed by atoms with Gasteiger partial charge in [-0.15, -0.1) is 0 Å². The highest BCUT2D eigenvalue weighted by Gasteiger charge is 2.22. The molecule has 0 saturated carbocycles. The molecule has 1 N–H and O–H groups in total. The lowest BCUT2D eigenvalue weighted by atomic mass is 10.0. The summed E-state index contributed by atoms with van der Waals surface area (Å²) in [4.78, 5) is 14.4. The van der Waals surface area contributed by atoms with Gasteiger partial charge in [-0.2, -0.15) is 0 Å². The Kier molecular flexibility index (Phi) is 4.97. The maximum Gasteiger partial charge on any atom is 0.253 e. The lowest BCUT2D eigenvalue weighted by Crippen LogP contribution is -2.45. The van der Waals surface area contributed by atoms with E-state index in [1.165, 1.54) is 6.42 Å². The van der Waals surface area contributed by atoms with E-state index in [9.17, 15) is 4.79 Å². The smallest absolute Gasteiger partial charge is 0.253 e. The molecule has 1 heterocycles. The van der Waals surface area contributed by atoms with Crippen molar-refractivity contribution >= 4 is 5.91 Å². The molecule has 1 aromatic carbocycles. The summed E-state index contributed by atoms with van der Waals surface area (Å²) >= 11 is 0. The van der Waals surface area contributed by atoms with E-state index in [-0.39, 0.29) is 5.91 Å². The molecule has 2 rings (SSSR count). The molecule has 3 heteroatoms. The summed E-state index contributed by atoms with van der Waals surface area (Å²) in [5, 5.41) is 3.54. The van der Waals surface area contributed by atoms with Crippen molar-refractivity contribution in [3.05, 3.63) is 35.4 Å². The molecular weight excluding hydrogens is 236 g/mol. The zero-order valence-corrected chi connectivity index (χ0v) is 12.0. The number of likely N-dealkylation sites (tertiary alicyclic amines) is 1. The number of carbonyl (C=O) groups excluding carboxylic acids is 1. The van der Waals surface area contributed by atoms with Crippen LogP contribution in [0.1, 0.15) is 42.1 Å². The molecule has 1 fully saturated rings. The molecule has 1 amide bonds. The van der Waals surface area contributed by atoms with Gasteiger partial charge >= 0.3 is 0 Å². The molecule has 1 saturated heterocycles. The Morgan fingerprint density at radius 3 is 2.74 bits per heavy atom. The molecule has 0 bridgehead atoms. The molecule has 0 unspecified atom stereocenters. The Morgan fingerprint density at radius 2 is 2.11 bits per heavy atom. The van der Waals surface area contributed by atoms with Crippen molar-refractivity contribution in [2.75, 3.05) is 19.6 Å². The van der Waals surface area contributed by atoms with Crippen LogP contribution in [0.15, 0.2) is 24.3 Å². The molecule has 104 valence electrons. The Morgan fingerprint density at radius 1 is 1.37 bits per heavy atom. The highest BCUT2D eigenvalue weighted by molar-refractivity contribution is 5.94. The number of amides is 1. The van der Waals surface area contributed by atoms with Crippen molar-refractivity contribution in [2.24, 2.45) is 0 Å². The second kappa shape index (κ2) is 6.71. The molecule has 0 radical (unpaired) electrons. The molecule has 1 aromatic rings. The van der Waals surface area contributed by atoms with E-state index in [0.29, 0.717) is 6.04 Å². The molecular formula is C16H24N2O. The Balaban J connectivity index is 1.89. The quantitative estimate of drug-likeness (QED) is 0.902. The molecule has 0 atom stereocenters. The first-order valence-electron chi connectivity index (χ1n) is 7.30. The number of nitrogens with one attached hydrogen (secondary N) is 1. The number of piperidine rings is 1. The van der Waals surface area contributed by atoms with Crippen LogP contribution in [0, 0.1) is 6.92 Å². The van der Waals surface area contributed by atoms with Crippen molar-refractivity contribution in [1.29, 1.82) is 0 Å². The molecule has 1 aliphatic heterocycles. The number of carbonyl (C=O) groups is 1. The van der Waals surface area contributed by atoms with Gasteiger partial charge in [-0.25, -0.2) is 0 Å². The minimum Gasteiger partial charge on any atom is -0.339 e. The summed E-state index contributed by atoms with van der Waals surface area (Å²) in [6, 6.07) is 8.46. The third-order valence-corrected chi connectivity index (χ3v) is 3.73. The molecule has 1 aliphatic rings. The van der Waals surface area contributed by atoms with Gasteiger partial charge in [0.25, 0.3) is 5.91 Å². The third-order valence-electron chi connectivity index (χ3n) is 3.73. The van der Waals surface area contributed by atoms with Gasteiger partial charge < -0.3 is 10.2 Å². The number of hydrogen-bond donors (Lipinski definition) is 1. The third kappa shape index (κ3) is 3.80. The fraction of sp³-hybridized carbons (Fsp3) is 0.562. The van der Waals surface area contributed by atoms with Gasteiger partial charge in [0.15, 0.2) is 0 Å². The van der Waals surface area contributed by atoms with Gasteiger partial charge in [-0.1, -0.05) is 24.6 Å². The maximum absolute atomic E-state index is 12.4. The second-order valence-corrected chi connectivity index (χ2v) is 5.39. The average Bonchev–Trinajstić information content (AvgIpc) is 2.45. The standard InChI is InChI=1S/C16H24N2O/c1-3-9-17-15-7-10-18(11-8-15)16(19)14-6-4-5-13(2)12-14/h4-6,12,15,17H,3,7-11H2,1-2H3. The first-order valence-corrected chi connectivity index (χ1v) is 7.30. The minimum atomic E-state index is 0.178. The first kappa shape index (κ1) is 14.1. The highest BCUT2D eigenvalue weighted by Crippen LogP contribution is 2.14. The van der Waals surface area contributed by atoms with Crippen molar-refractivity contribution in [3.63, 3.8) is 0 Å². The number of nitrogens with zero attached hydrogens (tertiary/aromatic N) is 1. The number of aryl methyl sites for hydroxylation is 1. The summed E-state index contributed by atoms with van der Waals surface area (Å²) in [6.07, 6.45) is 3.30. The van der Waals surface area contributed by atoms with Crippen LogP contribution in [0.5, 0.6) is 0 Å². The monoisotopic (exact) mass is 260 g/mol. The SMILES string of the molecule is CCCNC1CCN(C(=O)c2cccc(C)c2)CC1. The van der Waals surface area contributed by atoms with Crippen LogP contribution in [0.2, 0.25) is 0 Å². The Labute approximate surface area is 116 Å². The summed E-state index contributed by atoms with van der Waals surface area (Å²) in [5.41, 5.74) is 1.96. The van der Waals surface area contributed by atoms with E-state index in [4.69, 9.17) is 0 Å². The second-order valence-electron chi connectivity index (χ2n) is 5.39. The lowest BCUT2D eigenvalue weighted by Gasteiger charge is -2.32. The van der Waals surface area contributed by atoms with Crippen LogP contribution in [-0.4, -0.2) is 36.5 Å². The summed E-state index contributed by atoms with van der Waals surface area (Å²) < 4.78 is 0. The highest BCUT2D eigenvalue weighted by atomic mass is 16.2. The maximum atomic E-state index is 12.4. The first-order chi connectivity index (χ1) is 9.20. The number of rotatable bonds is 4. The van der Waals surface area contributed by atoms with Crippen LogP contribution in [0.3, 0.4) is 0 Å². The van der Waals surface area contributed by atoms with Gasteiger partial charge in [-0.3, -0.25) is 4.79 Å². The summed E-state index contributed by atoms with van der Waals surface area (Å²) in [5.74, 6) is 0.178. The normalized spacial score (nSPS) is 16.6. The summed E-state index contributed by atoms with van der Waals surface area (Å²) in [7, 11) is 0. The van der Waals surface area contributed by atoms with Gasteiger partial charge in [0.1, 0.15) is 0 Å². The van der Waals surface area contributed by atoms with Crippen molar-refractivity contribution < 1.29 is 4.79 Å². The van der Waals surface area contributed by atoms with Crippen LogP contribution in [-0.2, 0) is 0 Å². The van der Waals surface area contributed by atoms with Crippen LogP contribution < -0.4 is 5.32 Å². The molecule has 3 nitrogen and oxygen atoms in total. The number of benzene rings is 1. The van der Waals surface area contributed by atoms with Crippen molar-refractivity contribution in [1.82, 2.24) is 10.2 Å². The zero-order valence-electron chi connectivity index (χ0n) is 12.0. The predicted molar refractivity (Wildman–Crippen MR) is 78.4 cm³/mol. The van der Waals surface area contributed by atoms with E-state index >= 15 is 0 Å². The van der Waals surface area contributed by atoms with E-state index < -0.39 is 0 Å². The van der Waals surface area contributed by atoms with Crippen LogP contribution in [0.25, 0.3) is 0 Å². The van der Waals surface area contributed by atoms with Gasteiger partial charge in [0, 0.05) is 24.7 Å². The van der Waals surface area contributed by atoms with Gasteiger partial charge in [-0.05, 0) is 44.9 Å². The predicted octanol–water partition coefficient (Wildman–Crippen LogP) is 2.60. The van der Waals surface area contributed by atoms with Crippen LogP contribution >= 0.6 is 0 Å². The van der Waals surface area contributed by atoms with E-state index in [2.05, 4.69) is 12.2 Å². The van der Waals surface area contributed by atoms with E-state index in [1.807, 2.05) is 36.1 Å².